The van der Waals surface area contributed by atoms with Gasteiger partial charge in [-0.15, -0.1) is 0 Å². The number of rotatable bonds is 4. The summed E-state index contributed by atoms with van der Waals surface area (Å²) in [7, 11) is -6.77. The normalized spacial score (nSPS) is 22.0. The van der Waals surface area contributed by atoms with Gasteiger partial charge in [-0.25, -0.2) is 25.9 Å². The van der Waals surface area contributed by atoms with E-state index in [2.05, 4.69) is 4.72 Å². The van der Waals surface area contributed by atoms with E-state index in [1.165, 1.54) is 13.0 Å². The van der Waals surface area contributed by atoms with Gasteiger partial charge < -0.3 is 0 Å². The third-order valence-corrected chi connectivity index (χ3v) is 6.74. The standard InChI is InChI=1S/C12H16FNO4S2/c1-9-6-11(13)2-3-12(9)20(17,18)14-7-10-4-5-19(15,16)8-10/h2-3,6,10,14H,4-5,7-8H2,1H3. The summed E-state index contributed by atoms with van der Waals surface area (Å²) in [4.78, 5) is 0.0137. The van der Waals surface area contributed by atoms with Crippen molar-refractivity contribution in [3.8, 4) is 0 Å². The van der Waals surface area contributed by atoms with E-state index in [0.29, 0.717) is 12.0 Å². The van der Waals surface area contributed by atoms with E-state index in [1.807, 2.05) is 0 Å². The van der Waals surface area contributed by atoms with Crippen molar-refractivity contribution in [1.29, 1.82) is 0 Å². The van der Waals surface area contributed by atoms with Crippen LogP contribution < -0.4 is 4.72 Å². The third kappa shape index (κ3) is 3.56. The first-order valence-electron chi connectivity index (χ1n) is 6.16. The molecule has 2 rings (SSSR count). The van der Waals surface area contributed by atoms with Gasteiger partial charge in [-0.3, -0.25) is 0 Å². The minimum Gasteiger partial charge on any atom is -0.229 e. The monoisotopic (exact) mass is 321 g/mol. The van der Waals surface area contributed by atoms with Gasteiger partial charge in [-0.2, -0.15) is 0 Å². The fourth-order valence-corrected chi connectivity index (χ4v) is 5.46. The number of hydrogen-bond donors (Lipinski definition) is 1. The molecule has 8 heteroatoms. The average Bonchev–Trinajstić information content (AvgIpc) is 2.66. The Kier molecular flexibility index (Phi) is 4.17. The molecule has 5 nitrogen and oxygen atoms in total. The van der Waals surface area contributed by atoms with Crippen LogP contribution in [-0.4, -0.2) is 34.9 Å². The number of halogens is 1. The molecule has 0 spiro atoms. The second-order valence-corrected chi connectivity index (χ2v) is 8.99. The van der Waals surface area contributed by atoms with Gasteiger partial charge in [-0.1, -0.05) is 0 Å². The Bertz CT molecular complexity index is 713. The number of benzene rings is 1. The molecule has 1 saturated heterocycles. The van der Waals surface area contributed by atoms with Crippen molar-refractivity contribution in [2.45, 2.75) is 18.2 Å². The molecule has 1 heterocycles. The van der Waals surface area contributed by atoms with Gasteiger partial charge in [0, 0.05) is 6.54 Å². The summed E-state index contributed by atoms with van der Waals surface area (Å²) in [5, 5.41) is 0. The molecule has 112 valence electrons. The number of nitrogens with one attached hydrogen (secondary N) is 1. The van der Waals surface area contributed by atoms with E-state index in [-0.39, 0.29) is 28.9 Å². The summed E-state index contributed by atoms with van der Waals surface area (Å²) in [5.74, 6) is -0.578. The van der Waals surface area contributed by atoms with Crippen LogP contribution in [0.4, 0.5) is 4.39 Å². The van der Waals surface area contributed by atoms with E-state index >= 15 is 0 Å². The molecule has 1 aromatic carbocycles. The number of sulfonamides is 1. The number of sulfone groups is 1. The lowest BCUT2D eigenvalue weighted by Crippen LogP contribution is -2.30. The molecule has 1 atom stereocenters. The zero-order valence-electron chi connectivity index (χ0n) is 11.0. The molecule has 1 aromatic rings. The van der Waals surface area contributed by atoms with Crippen LogP contribution in [0.25, 0.3) is 0 Å². The molecular weight excluding hydrogens is 305 g/mol. The Balaban J connectivity index is 2.08. The van der Waals surface area contributed by atoms with Crippen molar-refractivity contribution in [2.75, 3.05) is 18.1 Å². The summed E-state index contributed by atoms with van der Waals surface area (Å²) >= 11 is 0. The van der Waals surface area contributed by atoms with Gasteiger partial charge in [0.15, 0.2) is 9.84 Å². The van der Waals surface area contributed by atoms with Crippen molar-refractivity contribution in [3.05, 3.63) is 29.6 Å². The van der Waals surface area contributed by atoms with Crippen molar-refractivity contribution < 1.29 is 21.2 Å². The van der Waals surface area contributed by atoms with E-state index in [0.717, 1.165) is 12.1 Å². The van der Waals surface area contributed by atoms with Crippen LogP contribution in [0.5, 0.6) is 0 Å². The minimum absolute atomic E-state index is 0.0118. The fourth-order valence-electron chi connectivity index (χ4n) is 2.25. The van der Waals surface area contributed by atoms with Crippen LogP contribution >= 0.6 is 0 Å². The van der Waals surface area contributed by atoms with Gasteiger partial charge in [0.2, 0.25) is 10.0 Å². The van der Waals surface area contributed by atoms with E-state index in [9.17, 15) is 21.2 Å². The topological polar surface area (TPSA) is 80.3 Å². The molecule has 0 aliphatic carbocycles. The summed E-state index contributed by atoms with van der Waals surface area (Å²) in [6.45, 7) is 1.59. The van der Waals surface area contributed by atoms with Gasteiger partial charge in [0.1, 0.15) is 5.82 Å². The molecular formula is C12H16FNO4S2. The second kappa shape index (κ2) is 5.42. The van der Waals surface area contributed by atoms with Crippen LogP contribution in [0.1, 0.15) is 12.0 Å². The molecule has 0 amide bonds. The summed E-state index contributed by atoms with van der Waals surface area (Å²) in [6.07, 6.45) is 0.466. The van der Waals surface area contributed by atoms with Crippen molar-refractivity contribution >= 4 is 19.9 Å². The van der Waals surface area contributed by atoms with Crippen LogP contribution in [0.2, 0.25) is 0 Å². The minimum atomic E-state index is -3.74. The largest absolute Gasteiger partial charge is 0.240 e. The first kappa shape index (κ1) is 15.4. The lowest BCUT2D eigenvalue weighted by Gasteiger charge is -2.12. The zero-order chi connectivity index (χ0) is 15.0. The van der Waals surface area contributed by atoms with Gasteiger partial charge >= 0.3 is 0 Å². The Hall–Kier alpha value is -0.990. The lowest BCUT2D eigenvalue weighted by atomic mass is 10.1. The molecule has 0 bridgehead atoms. The zero-order valence-corrected chi connectivity index (χ0v) is 12.6. The quantitative estimate of drug-likeness (QED) is 0.891. The van der Waals surface area contributed by atoms with Gasteiger partial charge in [0.25, 0.3) is 0 Å². The Morgan fingerprint density at radius 1 is 1.40 bits per heavy atom. The van der Waals surface area contributed by atoms with E-state index < -0.39 is 25.7 Å². The van der Waals surface area contributed by atoms with Crippen LogP contribution in [0, 0.1) is 18.7 Å². The second-order valence-electron chi connectivity index (χ2n) is 5.03. The molecule has 1 unspecified atom stereocenters. The highest BCUT2D eigenvalue weighted by Gasteiger charge is 2.29. The molecule has 0 saturated carbocycles. The molecule has 1 aliphatic heterocycles. The molecule has 0 radical (unpaired) electrons. The van der Waals surface area contributed by atoms with E-state index in [1.54, 1.807) is 0 Å². The predicted octanol–water partition coefficient (Wildman–Crippen LogP) is 0.847. The van der Waals surface area contributed by atoms with Crippen molar-refractivity contribution in [3.63, 3.8) is 0 Å². The Morgan fingerprint density at radius 3 is 2.65 bits per heavy atom. The first-order valence-corrected chi connectivity index (χ1v) is 9.46. The predicted molar refractivity (Wildman–Crippen MR) is 73.1 cm³/mol. The van der Waals surface area contributed by atoms with Crippen molar-refractivity contribution in [2.24, 2.45) is 5.92 Å². The highest BCUT2D eigenvalue weighted by molar-refractivity contribution is 7.91. The van der Waals surface area contributed by atoms with E-state index in [4.69, 9.17) is 0 Å². The maximum absolute atomic E-state index is 13.0. The summed E-state index contributed by atoms with van der Waals surface area (Å²) in [5.41, 5.74) is 0.316. The first-order chi connectivity index (χ1) is 9.20. The maximum Gasteiger partial charge on any atom is 0.240 e. The van der Waals surface area contributed by atoms with Crippen LogP contribution in [-0.2, 0) is 19.9 Å². The van der Waals surface area contributed by atoms with Gasteiger partial charge in [-0.05, 0) is 43.0 Å². The van der Waals surface area contributed by atoms with Gasteiger partial charge in [0.05, 0.1) is 16.4 Å². The summed E-state index contributed by atoms with van der Waals surface area (Å²) in [6, 6.07) is 3.44. The Labute approximate surface area is 118 Å². The van der Waals surface area contributed by atoms with Crippen LogP contribution in [0.3, 0.4) is 0 Å². The SMILES string of the molecule is Cc1cc(F)ccc1S(=O)(=O)NCC1CCS(=O)(=O)C1. The smallest absolute Gasteiger partial charge is 0.229 e. The molecule has 1 aliphatic rings. The molecule has 1 fully saturated rings. The highest BCUT2D eigenvalue weighted by Crippen LogP contribution is 2.20. The summed E-state index contributed by atoms with van der Waals surface area (Å²) < 4.78 is 62.2. The number of hydrogen-bond acceptors (Lipinski definition) is 4. The molecule has 1 N–H and O–H groups in total. The molecule has 0 aromatic heterocycles. The lowest BCUT2D eigenvalue weighted by molar-refractivity contribution is 0.542. The van der Waals surface area contributed by atoms with Crippen LogP contribution in [0.15, 0.2) is 23.1 Å². The third-order valence-electron chi connectivity index (χ3n) is 3.32. The Morgan fingerprint density at radius 2 is 2.10 bits per heavy atom. The van der Waals surface area contributed by atoms with Crippen molar-refractivity contribution in [1.82, 2.24) is 4.72 Å². The average molecular weight is 321 g/mol. The highest BCUT2D eigenvalue weighted by atomic mass is 32.2. The number of aryl methyl sites for hydroxylation is 1. The maximum atomic E-state index is 13.0. The fraction of sp³-hybridized carbons (Fsp3) is 0.500. The molecule has 20 heavy (non-hydrogen) atoms.